The Bertz CT molecular complexity index is 842. The minimum absolute atomic E-state index is 0.101. The van der Waals surface area contributed by atoms with Crippen LogP contribution in [-0.4, -0.2) is 29.0 Å². The minimum Gasteiger partial charge on any atom is -0.361 e. The zero-order valence-electron chi connectivity index (χ0n) is 14.3. The number of rotatable bonds is 5. The van der Waals surface area contributed by atoms with Crippen molar-refractivity contribution in [2.75, 3.05) is 13.1 Å². The molecule has 0 radical (unpaired) electrons. The third-order valence-corrected chi connectivity index (χ3v) is 5.11. The number of H-pyrrole nitrogens is 1. The summed E-state index contributed by atoms with van der Waals surface area (Å²) in [5.41, 5.74) is 3.31. The summed E-state index contributed by atoms with van der Waals surface area (Å²) in [5.74, 6) is -0.101. The Morgan fingerprint density at radius 2 is 1.96 bits per heavy atom. The molecule has 1 fully saturated rings. The molecule has 4 rings (SSSR count). The number of likely N-dealkylation sites (tertiary alicyclic amines) is 1. The molecule has 0 bridgehead atoms. The van der Waals surface area contributed by atoms with Crippen molar-refractivity contribution in [1.82, 2.24) is 15.2 Å². The lowest BCUT2D eigenvalue weighted by atomic mass is 10.0. The molecule has 4 heteroatoms. The standard InChI is InChI=1S/C21H24FN3/c22-20-9-2-1-5-18(20)14-25-12-4-8-19(15-25)24-13-17-7-3-6-16-10-11-23-21(16)17/h1-3,5-7,9-11,19,23-24H,4,8,12-15H2. The zero-order chi connectivity index (χ0) is 17.1. The summed E-state index contributed by atoms with van der Waals surface area (Å²) in [6, 6.07) is 16.1. The van der Waals surface area contributed by atoms with Gasteiger partial charge in [0.15, 0.2) is 0 Å². The fourth-order valence-electron chi connectivity index (χ4n) is 3.78. The largest absolute Gasteiger partial charge is 0.361 e. The highest BCUT2D eigenvalue weighted by molar-refractivity contribution is 5.82. The van der Waals surface area contributed by atoms with Crippen molar-refractivity contribution in [2.45, 2.75) is 32.0 Å². The second-order valence-electron chi connectivity index (χ2n) is 6.91. The van der Waals surface area contributed by atoms with Gasteiger partial charge in [-0.05, 0) is 42.5 Å². The molecule has 0 saturated carbocycles. The molecule has 1 aromatic heterocycles. The first-order valence-electron chi connectivity index (χ1n) is 9.04. The number of fused-ring (bicyclic) bond motifs is 1. The van der Waals surface area contributed by atoms with Crippen LogP contribution < -0.4 is 5.32 Å². The quantitative estimate of drug-likeness (QED) is 0.735. The molecule has 1 aliphatic heterocycles. The average molecular weight is 337 g/mol. The minimum atomic E-state index is -0.101. The lowest BCUT2D eigenvalue weighted by Crippen LogP contribution is -2.45. The normalized spacial score (nSPS) is 18.7. The van der Waals surface area contributed by atoms with Gasteiger partial charge in [-0.2, -0.15) is 0 Å². The molecule has 3 nitrogen and oxygen atoms in total. The monoisotopic (exact) mass is 337 g/mol. The number of nitrogens with one attached hydrogen (secondary N) is 2. The van der Waals surface area contributed by atoms with Gasteiger partial charge in [-0.1, -0.05) is 36.4 Å². The van der Waals surface area contributed by atoms with E-state index in [0.29, 0.717) is 12.6 Å². The Morgan fingerprint density at radius 1 is 1.08 bits per heavy atom. The first-order chi connectivity index (χ1) is 12.3. The van der Waals surface area contributed by atoms with E-state index in [2.05, 4.69) is 39.5 Å². The van der Waals surface area contributed by atoms with Gasteiger partial charge in [0.2, 0.25) is 0 Å². The van der Waals surface area contributed by atoms with E-state index >= 15 is 0 Å². The van der Waals surface area contributed by atoms with Crippen molar-refractivity contribution in [3.05, 3.63) is 71.7 Å². The van der Waals surface area contributed by atoms with E-state index in [1.54, 1.807) is 12.1 Å². The first kappa shape index (κ1) is 16.3. The van der Waals surface area contributed by atoms with E-state index in [0.717, 1.165) is 31.6 Å². The van der Waals surface area contributed by atoms with Gasteiger partial charge in [-0.15, -0.1) is 0 Å². The molecule has 0 spiro atoms. The number of hydrogen-bond acceptors (Lipinski definition) is 2. The van der Waals surface area contributed by atoms with E-state index in [9.17, 15) is 4.39 Å². The Morgan fingerprint density at radius 3 is 2.88 bits per heavy atom. The Labute approximate surface area is 147 Å². The number of nitrogens with zero attached hydrogens (tertiary/aromatic N) is 1. The molecular formula is C21H24FN3. The first-order valence-corrected chi connectivity index (χ1v) is 9.04. The predicted molar refractivity (Wildman–Crippen MR) is 99.8 cm³/mol. The highest BCUT2D eigenvalue weighted by atomic mass is 19.1. The van der Waals surface area contributed by atoms with Crippen LogP contribution >= 0.6 is 0 Å². The summed E-state index contributed by atoms with van der Waals surface area (Å²) in [6.07, 6.45) is 4.32. The second-order valence-corrected chi connectivity index (χ2v) is 6.91. The molecule has 1 aliphatic rings. The number of piperidine rings is 1. The van der Waals surface area contributed by atoms with Crippen molar-refractivity contribution in [1.29, 1.82) is 0 Å². The third kappa shape index (κ3) is 3.75. The van der Waals surface area contributed by atoms with E-state index < -0.39 is 0 Å². The molecular weight excluding hydrogens is 313 g/mol. The van der Waals surface area contributed by atoms with Gasteiger partial charge in [0, 0.05) is 43.0 Å². The Kier molecular flexibility index (Phi) is 4.81. The van der Waals surface area contributed by atoms with Crippen molar-refractivity contribution in [2.24, 2.45) is 0 Å². The van der Waals surface area contributed by atoms with Crippen molar-refractivity contribution in [3.8, 4) is 0 Å². The molecule has 1 saturated heterocycles. The number of para-hydroxylation sites is 1. The summed E-state index contributed by atoms with van der Waals surface area (Å²) in [4.78, 5) is 5.69. The number of aromatic nitrogens is 1. The highest BCUT2D eigenvalue weighted by Gasteiger charge is 2.20. The molecule has 1 atom stereocenters. The van der Waals surface area contributed by atoms with Gasteiger partial charge in [0.1, 0.15) is 5.82 Å². The van der Waals surface area contributed by atoms with Crippen LogP contribution in [0.2, 0.25) is 0 Å². The van der Waals surface area contributed by atoms with Crippen LogP contribution in [-0.2, 0) is 13.1 Å². The summed E-state index contributed by atoms with van der Waals surface area (Å²) in [6.45, 7) is 3.56. The van der Waals surface area contributed by atoms with Crippen LogP contribution in [0.1, 0.15) is 24.0 Å². The van der Waals surface area contributed by atoms with Gasteiger partial charge in [-0.25, -0.2) is 4.39 Å². The number of halogens is 1. The van der Waals surface area contributed by atoms with E-state index in [1.165, 1.54) is 22.9 Å². The summed E-state index contributed by atoms with van der Waals surface area (Å²) >= 11 is 0. The van der Waals surface area contributed by atoms with Crippen LogP contribution in [0.25, 0.3) is 10.9 Å². The van der Waals surface area contributed by atoms with Crippen LogP contribution in [0, 0.1) is 5.82 Å². The average Bonchev–Trinajstić information content (AvgIpc) is 3.12. The van der Waals surface area contributed by atoms with E-state index in [1.807, 2.05) is 18.3 Å². The summed E-state index contributed by atoms with van der Waals surface area (Å²) in [5, 5.41) is 4.95. The molecule has 1 unspecified atom stereocenters. The molecule has 0 aliphatic carbocycles. The Hall–Kier alpha value is -2.17. The van der Waals surface area contributed by atoms with E-state index in [-0.39, 0.29) is 5.82 Å². The molecule has 3 aromatic rings. The maximum Gasteiger partial charge on any atom is 0.127 e. The summed E-state index contributed by atoms with van der Waals surface area (Å²) < 4.78 is 13.9. The van der Waals surface area contributed by atoms with Crippen LogP contribution in [0.3, 0.4) is 0 Å². The smallest absolute Gasteiger partial charge is 0.127 e. The molecule has 0 amide bonds. The van der Waals surface area contributed by atoms with Crippen molar-refractivity contribution >= 4 is 10.9 Å². The van der Waals surface area contributed by atoms with Crippen LogP contribution in [0.5, 0.6) is 0 Å². The van der Waals surface area contributed by atoms with Gasteiger partial charge >= 0.3 is 0 Å². The van der Waals surface area contributed by atoms with Gasteiger partial charge < -0.3 is 10.3 Å². The molecule has 25 heavy (non-hydrogen) atoms. The zero-order valence-corrected chi connectivity index (χ0v) is 14.3. The molecule has 2 heterocycles. The van der Waals surface area contributed by atoms with Crippen molar-refractivity contribution in [3.63, 3.8) is 0 Å². The maximum absolute atomic E-state index is 13.9. The van der Waals surface area contributed by atoms with E-state index in [4.69, 9.17) is 0 Å². The van der Waals surface area contributed by atoms with Crippen molar-refractivity contribution < 1.29 is 4.39 Å². The number of benzene rings is 2. The van der Waals surface area contributed by atoms with Crippen LogP contribution in [0.15, 0.2) is 54.7 Å². The Balaban J connectivity index is 1.37. The maximum atomic E-state index is 13.9. The molecule has 2 N–H and O–H groups in total. The topological polar surface area (TPSA) is 31.1 Å². The predicted octanol–water partition coefficient (Wildman–Crippen LogP) is 4.06. The highest BCUT2D eigenvalue weighted by Crippen LogP contribution is 2.19. The molecule has 2 aromatic carbocycles. The van der Waals surface area contributed by atoms with Gasteiger partial charge in [0.05, 0.1) is 0 Å². The fraction of sp³-hybridized carbons (Fsp3) is 0.333. The third-order valence-electron chi connectivity index (χ3n) is 5.11. The lowest BCUT2D eigenvalue weighted by Gasteiger charge is -2.33. The number of hydrogen-bond donors (Lipinski definition) is 2. The second kappa shape index (κ2) is 7.38. The van der Waals surface area contributed by atoms with Gasteiger partial charge in [-0.3, -0.25) is 4.90 Å². The van der Waals surface area contributed by atoms with Gasteiger partial charge in [0.25, 0.3) is 0 Å². The number of aromatic amines is 1. The fourth-order valence-corrected chi connectivity index (χ4v) is 3.78. The van der Waals surface area contributed by atoms with Crippen LogP contribution in [0.4, 0.5) is 4.39 Å². The SMILES string of the molecule is Fc1ccccc1CN1CCCC(NCc2cccc3cc[nH]c23)C1. The lowest BCUT2D eigenvalue weighted by molar-refractivity contribution is 0.181. The summed E-state index contributed by atoms with van der Waals surface area (Å²) in [7, 11) is 0. The molecule has 130 valence electrons.